The highest BCUT2D eigenvalue weighted by Crippen LogP contribution is 2.40. The van der Waals surface area contributed by atoms with Crippen LogP contribution in [0.1, 0.15) is 55.8 Å². The molecule has 4 aromatic rings. The number of rotatable bonds is 5. The van der Waals surface area contributed by atoms with E-state index in [-0.39, 0.29) is 5.91 Å². The van der Waals surface area contributed by atoms with Crippen molar-refractivity contribution in [2.75, 3.05) is 16.8 Å². The molecular formula is C25H25N7O. The van der Waals surface area contributed by atoms with Crippen LogP contribution < -0.4 is 10.2 Å². The first kappa shape index (κ1) is 19.8. The van der Waals surface area contributed by atoms with Crippen LogP contribution in [-0.4, -0.2) is 37.2 Å². The number of amides is 1. The molecule has 33 heavy (non-hydrogen) atoms. The summed E-state index contributed by atoms with van der Waals surface area (Å²) in [6.45, 7) is 2.71. The molecule has 0 radical (unpaired) electrons. The summed E-state index contributed by atoms with van der Waals surface area (Å²) < 4.78 is 2.04. The minimum Gasteiger partial charge on any atom is -0.325 e. The minimum absolute atomic E-state index is 0.0693. The van der Waals surface area contributed by atoms with E-state index in [2.05, 4.69) is 17.2 Å². The van der Waals surface area contributed by atoms with Gasteiger partial charge in [-0.2, -0.15) is 10.1 Å². The van der Waals surface area contributed by atoms with Crippen LogP contribution in [0.2, 0.25) is 0 Å². The lowest BCUT2D eigenvalue weighted by Crippen LogP contribution is -2.21. The molecule has 4 heterocycles. The number of hydrogen-bond acceptors (Lipinski definition) is 6. The molecule has 1 amide bonds. The fraction of sp³-hybridized carbons (Fsp3) is 0.320. The highest BCUT2D eigenvalue weighted by Gasteiger charge is 2.36. The molecule has 1 unspecified atom stereocenters. The summed E-state index contributed by atoms with van der Waals surface area (Å²) in [6.07, 6.45) is 10.3. The molecule has 0 spiro atoms. The second-order valence-electron chi connectivity index (χ2n) is 8.66. The van der Waals surface area contributed by atoms with Crippen molar-refractivity contribution in [2.45, 2.75) is 44.6 Å². The molecule has 0 saturated heterocycles. The van der Waals surface area contributed by atoms with Gasteiger partial charge in [-0.1, -0.05) is 31.0 Å². The van der Waals surface area contributed by atoms with Gasteiger partial charge in [0, 0.05) is 24.6 Å². The molecular weight excluding hydrogens is 414 g/mol. The number of pyridine rings is 1. The van der Waals surface area contributed by atoms with Gasteiger partial charge < -0.3 is 10.2 Å². The Morgan fingerprint density at radius 1 is 1.12 bits per heavy atom. The van der Waals surface area contributed by atoms with Gasteiger partial charge in [-0.3, -0.25) is 14.5 Å². The number of fused-ring (bicyclic) bond motifs is 2. The molecule has 8 heteroatoms. The van der Waals surface area contributed by atoms with E-state index in [0.29, 0.717) is 29.9 Å². The van der Waals surface area contributed by atoms with Crippen molar-refractivity contribution < 1.29 is 4.79 Å². The predicted molar refractivity (Wildman–Crippen MR) is 127 cm³/mol. The SMILES string of the molecule is CCN(c1cccnc1)c1nc(C2C(=O)Nc3ccccc32)c2cn(C3CCCC3)nc2n1. The quantitative estimate of drug-likeness (QED) is 0.490. The average Bonchev–Trinajstić information content (AvgIpc) is 3.57. The first-order valence-corrected chi connectivity index (χ1v) is 11.6. The number of aromatic nitrogens is 5. The Morgan fingerprint density at radius 2 is 1.97 bits per heavy atom. The molecule has 8 nitrogen and oxygen atoms in total. The Hall–Kier alpha value is -3.81. The Labute approximate surface area is 191 Å². The van der Waals surface area contributed by atoms with Gasteiger partial charge in [0.15, 0.2) is 5.65 Å². The highest BCUT2D eigenvalue weighted by molar-refractivity contribution is 6.06. The lowest BCUT2D eigenvalue weighted by atomic mass is 9.95. The van der Waals surface area contributed by atoms with Gasteiger partial charge in [0.2, 0.25) is 11.9 Å². The van der Waals surface area contributed by atoms with E-state index in [4.69, 9.17) is 15.1 Å². The van der Waals surface area contributed by atoms with Gasteiger partial charge in [-0.15, -0.1) is 0 Å². The number of anilines is 3. The largest absolute Gasteiger partial charge is 0.325 e. The number of hydrogen-bond donors (Lipinski definition) is 1. The molecule has 1 aromatic carbocycles. The van der Waals surface area contributed by atoms with Crippen molar-refractivity contribution in [1.29, 1.82) is 0 Å². The van der Waals surface area contributed by atoms with E-state index in [0.717, 1.165) is 35.2 Å². The van der Waals surface area contributed by atoms with E-state index >= 15 is 0 Å². The van der Waals surface area contributed by atoms with Gasteiger partial charge in [-0.05, 0) is 43.5 Å². The normalized spacial score (nSPS) is 18.0. The average molecular weight is 440 g/mol. The van der Waals surface area contributed by atoms with Crippen molar-refractivity contribution >= 4 is 34.3 Å². The highest BCUT2D eigenvalue weighted by atomic mass is 16.2. The molecule has 3 aromatic heterocycles. The van der Waals surface area contributed by atoms with Gasteiger partial charge in [0.25, 0.3) is 0 Å². The predicted octanol–water partition coefficient (Wildman–Crippen LogP) is 4.58. The maximum Gasteiger partial charge on any atom is 0.238 e. The van der Waals surface area contributed by atoms with Crippen LogP contribution in [0.5, 0.6) is 0 Å². The lowest BCUT2D eigenvalue weighted by molar-refractivity contribution is -0.116. The Kier molecular flexibility index (Phi) is 4.78. The molecule has 6 rings (SSSR count). The third-order valence-electron chi connectivity index (χ3n) is 6.69. The summed E-state index contributed by atoms with van der Waals surface area (Å²) in [6, 6.07) is 12.1. The van der Waals surface area contributed by atoms with Crippen molar-refractivity contribution in [3.8, 4) is 0 Å². The minimum atomic E-state index is -0.501. The first-order valence-electron chi connectivity index (χ1n) is 11.6. The summed E-state index contributed by atoms with van der Waals surface area (Å²) in [5.74, 6) is -0.0404. The smallest absolute Gasteiger partial charge is 0.238 e. The molecule has 166 valence electrons. The third kappa shape index (κ3) is 3.33. The van der Waals surface area contributed by atoms with Crippen LogP contribution >= 0.6 is 0 Å². The number of nitrogens with one attached hydrogen (secondary N) is 1. The van der Waals surface area contributed by atoms with Crippen LogP contribution in [0.4, 0.5) is 17.3 Å². The Balaban J connectivity index is 1.55. The number of carbonyl (C=O) groups is 1. The second kappa shape index (κ2) is 7.95. The molecule has 1 aliphatic heterocycles. The summed E-state index contributed by atoms with van der Waals surface area (Å²) >= 11 is 0. The monoisotopic (exact) mass is 439 g/mol. The van der Waals surface area contributed by atoms with Crippen LogP contribution in [0.3, 0.4) is 0 Å². The van der Waals surface area contributed by atoms with Crippen molar-refractivity contribution in [3.63, 3.8) is 0 Å². The zero-order chi connectivity index (χ0) is 22.4. The molecule has 1 N–H and O–H groups in total. The number of nitrogens with zero attached hydrogens (tertiary/aromatic N) is 6. The zero-order valence-corrected chi connectivity index (χ0v) is 18.5. The van der Waals surface area contributed by atoms with Crippen LogP contribution in [0.25, 0.3) is 11.0 Å². The number of benzene rings is 1. The van der Waals surface area contributed by atoms with E-state index in [1.807, 2.05) is 52.2 Å². The van der Waals surface area contributed by atoms with Crippen molar-refractivity contribution in [1.82, 2.24) is 24.7 Å². The van der Waals surface area contributed by atoms with Gasteiger partial charge >= 0.3 is 0 Å². The van der Waals surface area contributed by atoms with Gasteiger partial charge in [0.05, 0.1) is 29.0 Å². The number of para-hydroxylation sites is 1. The molecule has 1 atom stereocenters. The van der Waals surface area contributed by atoms with Crippen molar-refractivity contribution in [2.24, 2.45) is 0 Å². The maximum absolute atomic E-state index is 13.1. The van der Waals surface area contributed by atoms with Crippen LogP contribution in [-0.2, 0) is 4.79 Å². The van der Waals surface area contributed by atoms with Crippen molar-refractivity contribution in [3.05, 3.63) is 66.2 Å². The van der Waals surface area contributed by atoms with E-state index < -0.39 is 5.92 Å². The van der Waals surface area contributed by atoms with Crippen LogP contribution in [0, 0.1) is 0 Å². The van der Waals surface area contributed by atoms with Crippen LogP contribution in [0.15, 0.2) is 55.0 Å². The fourth-order valence-corrected chi connectivity index (χ4v) is 5.06. The van der Waals surface area contributed by atoms with E-state index in [9.17, 15) is 4.79 Å². The second-order valence-corrected chi connectivity index (χ2v) is 8.66. The third-order valence-corrected chi connectivity index (χ3v) is 6.69. The zero-order valence-electron chi connectivity index (χ0n) is 18.5. The molecule has 1 aliphatic carbocycles. The first-order chi connectivity index (χ1) is 16.2. The summed E-state index contributed by atoms with van der Waals surface area (Å²) in [5.41, 5.74) is 4.00. The molecule has 1 saturated carbocycles. The van der Waals surface area contributed by atoms with E-state index in [1.54, 1.807) is 12.4 Å². The summed E-state index contributed by atoms with van der Waals surface area (Å²) in [5, 5.41) is 8.72. The maximum atomic E-state index is 13.1. The molecule has 0 bridgehead atoms. The summed E-state index contributed by atoms with van der Waals surface area (Å²) in [7, 11) is 0. The molecule has 1 fully saturated rings. The Bertz CT molecular complexity index is 1330. The Morgan fingerprint density at radius 3 is 2.76 bits per heavy atom. The topological polar surface area (TPSA) is 88.8 Å². The number of carbonyl (C=O) groups excluding carboxylic acids is 1. The van der Waals surface area contributed by atoms with Gasteiger partial charge in [-0.25, -0.2) is 4.98 Å². The molecule has 2 aliphatic rings. The fourth-order valence-electron chi connectivity index (χ4n) is 5.06. The standard InChI is InChI=1S/C25H25N7O/c1-2-31(17-10-7-13-26-14-17)25-28-22(21-18-11-5-6-12-20(18)27-24(21)33)19-15-32(30-23(19)29-25)16-8-3-4-9-16/h5-7,10-16,21H,2-4,8-9H2,1H3,(H,27,33). The van der Waals surface area contributed by atoms with Gasteiger partial charge in [0.1, 0.15) is 5.92 Å². The lowest BCUT2D eigenvalue weighted by Gasteiger charge is -2.21. The van der Waals surface area contributed by atoms with E-state index in [1.165, 1.54) is 12.8 Å². The summed E-state index contributed by atoms with van der Waals surface area (Å²) in [4.78, 5) is 29.2.